The van der Waals surface area contributed by atoms with Crippen molar-refractivity contribution in [3.05, 3.63) is 0 Å². The van der Waals surface area contributed by atoms with E-state index in [4.69, 9.17) is 4.74 Å². The molecule has 0 saturated carbocycles. The summed E-state index contributed by atoms with van der Waals surface area (Å²) in [6.07, 6.45) is 27.8. The van der Waals surface area contributed by atoms with Gasteiger partial charge in [-0.05, 0) is 44.9 Å². The number of carbonyl (C=O) groups is 1. The normalized spacial score (nSPS) is 11.8. The second-order valence-electron chi connectivity index (χ2n) is 10.5. The van der Waals surface area contributed by atoms with E-state index in [1.807, 2.05) is 0 Å². The van der Waals surface area contributed by atoms with Crippen LogP contribution in [-0.4, -0.2) is 44.2 Å². The van der Waals surface area contributed by atoms with Crippen LogP contribution in [0, 0.1) is 0 Å². The SMILES string of the molecule is CCCCCCCC[N+](C)(CCCCCCCC)CCCCCCCCCCC(=O)OC. The monoisotopic (exact) mass is 454 g/mol. The molecule has 0 spiro atoms. The second-order valence-corrected chi connectivity index (χ2v) is 10.5. The van der Waals surface area contributed by atoms with E-state index in [2.05, 4.69) is 20.9 Å². The molecule has 0 aliphatic carbocycles. The zero-order chi connectivity index (χ0) is 23.8. The molecule has 0 saturated heterocycles. The van der Waals surface area contributed by atoms with Gasteiger partial charge in [-0.1, -0.05) is 97.3 Å². The molecular formula is C29H60NO2+. The van der Waals surface area contributed by atoms with Gasteiger partial charge in [-0.25, -0.2) is 0 Å². The van der Waals surface area contributed by atoms with E-state index in [9.17, 15) is 4.79 Å². The molecule has 0 atom stereocenters. The Hall–Kier alpha value is -0.570. The first-order chi connectivity index (χ1) is 15.6. The van der Waals surface area contributed by atoms with Crippen LogP contribution in [0.3, 0.4) is 0 Å². The number of nitrogens with zero attached hydrogens (tertiary/aromatic N) is 1. The van der Waals surface area contributed by atoms with Crippen LogP contribution in [0.15, 0.2) is 0 Å². The Morgan fingerprint density at radius 3 is 1.19 bits per heavy atom. The maximum atomic E-state index is 11.1. The van der Waals surface area contributed by atoms with Gasteiger partial charge in [-0.3, -0.25) is 4.79 Å². The molecule has 0 rings (SSSR count). The summed E-state index contributed by atoms with van der Waals surface area (Å²) in [4.78, 5) is 11.1. The lowest BCUT2D eigenvalue weighted by atomic mass is 10.1. The molecule has 0 aromatic heterocycles. The predicted octanol–water partition coefficient (Wildman–Crippen LogP) is 8.84. The van der Waals surface area contributed by atoms with Crippen LogP contribution in [0.5, 0.6) is 0 Å². The molecule has 0 bridgehead atoms. The summed E-state index contributed by atoms with van der Waals surface area (Å²) in [5.41, 5.74) is 0. The number of methoxy groups -OCH3 is 1. The third kappa shape index (κ3) is 21.3. The molecule has 0 radical (unpaired) electrons. The Balaban J connectivity index is 3.97. The van der Waals surface area contributed by atoms with Crippen molar-refractivity contribution in [1.82, 2.24) is 0 Å². The third-order valence-electron chi connectivity index (χ3n) is 7.16. The fourth-order valence-corrected chi connectivity index (χ4v) is 4.81. The number of hydrogen-bond donors (Lipinski definition) is 0. The Bertz CT molecular complexity index is 381. The highest BCUT2D eigenvalue weighted by Crippen LogP contribution is 2.16. The van der Waals surface area contributed by atoms with E-state index in [1.54, 1.807) is 0 Å². The number of ether oxygens (including phenoxy) is 1. The van der Waals surface area contributed by atoms with Crippen molar-refractivity contribution in [3.8, 4) is 0 Å². The minimum absolute atomic E-state index is 0.0620. The van der Waals surface area contributed by atoms with Gasteiger partial charge in [0.15, 0.2) is 0 Å². The van der Waals surface area contributed by atoms with Crippen molar-refractivity contribution >= 4 is 5.97 Å². The van der Waals surface area contributed by atoms with Gasteiger partial charge < -0.3 is 9.22 Å². The van der Waals surface area contributed by atoms with E-state index >= 15 is 0 Å². The molecule has 3 heteroatoms. The van der Waals surface area contributed by atoms with Gasteiger partial charge >= 0.3 is 5.97 Å². The fourth-order valence-electron chi connectivity index (χ4n) is 4.81. The van der Waals surface area contributed by atoms with Gasteiger partial charge in [0.05, 0.1) is 33.8 Å². The smallest absolute Gasteiger partial charge is 0.305 e. The van der Waals surface area contributed by atoms with E-state index in [0.29, 0.717) is 6.42 Å². The first-order valence-electron chi connectivity index (χ1n) is 14.5. The highest BCUT2D eigenvalue weighted by atomic mass is 16.5. The Morgan fingerprint density at radius 1 is 0.531 bits per heavy atom. The largest absolute Gasteiger partial charge is 0.469 e. The molecule has 0 aliphatic heterocycles. The molecule has 0 fully saturated rings. The van der Waals surface area contributed by atoms with Crippen molar-refractivity contribution in [3.63, 3.8) is 0 Å². The van der Waals surface area contributed by atoms with E-state index in [0.717, 1.165) is 6.42 Å². The van der Waals surface area contributed by atoms with Crippen LogP contribution in [-0.2, 0) is 9.53 Å². The molecule has 0 heterocycles. The highest BCUT2D eigenvalue weighted by Gasteiger charge is 2.20. The average molecular weight is 455 g/mol. The Morgan fingerprint density at radius 2 is 0.844 bits per heavy atom. The molecule has 3 nitrogen and oxygen atoms in total. The summed E-state index contributed by atoms with van der Waals surface area (Å²) in [7, 11) is 4.02. The van der Waals surface area contributed by atoms with Crippen LogP contribution < -0.4 is 0 Å². The van der Waals surface area contributed by atoms with Crippen LogP contribution in [0.25, 0.3) is 0 Å². The maximum absolute atomic E-state index is 11.1. The van der Waals surface area contributed by atoms with Gasteiger partial charge in [0, 0.05) is 6.42 Å². The fraction of sp³-hybridized carbons (Fsp3) is 0.966. The second kappa shape index (κ2) is 23.6. The van der Waals surface area contributed by atoms with Crippen molar-refractivity contribution in [2.24, 2.45) is 0 Å². The first kappa shape index (κ1) is 31.4. The summed E-state index contributed by atoms with van der Waals surface area (Å²) in [5, 5.41) is 0. The minimum atomic E-state index is -0.0620. The molecule has 0 aromatic carbocycles. The molecule has 0 aromatic rings. The van der Waals surface area contributed by atoms with Crippen LogP contribution in [0.4, 0.5) is 0 Å². The van der Waals surface area contributed by atoms with E-state index < -0.39 is 0 Å². The van der Waals surface area contributed by atoms with Crippen molar-refractivity contribution in [2.45, 2.75) is 149 Å². The molecule has 32 heavy (non-hydrogen) atoms. The average Bonchev–Trinajstić information content (AvgIpc) is 2.79. The van der Waals surface area contributed by atoms with Crippen molar-refractivity contribution in [2.75, 3.05) is 33.8 Å². The molecule has 0 N–H and O–H groups in total. The summed E-state index contributed by atoms with van der Waals surface area (Å²) in [5.74, 6) is -0.0620. The van der Waals surface area contributed by atoms with E-state index in [1.165, 1.54) is 153 Å². The molecule has 0 amide bonds. The van der Waals surface area contributed by atoms with Crippen molar-refractivity contribution < 1.29 is 14.0 Å². The predicted molar refractivity (Wildman–Crippen MR) is 141 cm³/mol. The number of quaternary nitrogens is 1. The lowest BCUT2D eigenvalue weighted by Gasteiger charge is -2.35. The molecule has 0 aliphatic rings. The van der Waals surface area contributed by atoms with Crippen LogP contribution in [0.1, 0.15) is 149 Å². The lowest BCUT2D eigenvalue weighted by Crippen LogP contribution is -2.46. The Labute approximate surface area is 202 Å². The molecular weight excluding hydrogens is 394 g/mol. The number of hydrogen-bond acceptors (Lipinski definition) is 2. The molecule has 0 unspecified atom stereocenters. The number of esters is 1. The summed E-state index contributed by atoms with van der Waals surface area (Å²) in [6.45, 7) is 8.77. The summed E-state index contributed by atoms with van der Waals surface area (Å²) in [6, 6.07) is 0. The van der Waals surface area contributed by atoms with Gasteiger partial charge in [0.25, 0.3) is 0 Å². The maximum Gasteiger partial charge on any atom is 0.305 e. The number of rotatable bonds is 25. The topological polar surface area (TPSA) is 26.3 Å². The number of unbranched alkanes of at least 4 members (excludes halogenated alkanes) is 17. The Kier molecular flexibility index (Phi) is 23.2. The lowest BCUT2D eigenvalue weighted by molar-refractivity contribution is -0.910. The highest BCUT2D eigenvalue weighted by molar-refractivity contribution is 5.68. The first-order valence-corrected chi connectivity index (χ1v) is 14.5. The zero-order valence-corrected chi connectivity index (χ0v) is 22.7. The number of carbonyl (C=O) groups excluding carboxylic acids is 1. The summed E-state index contributed by atoms with van der Waals surface area (Å²) >= 11 is 0. The zero-order valence-electron chi connectivity index (χ0n) is 22.7. The van der Waals surface area contributed by atoms with E-state index in [-0.39, 0.29) is 5.97 Å². The third-order valence-corrected chi connectivity index (χ3v) is 7.16. The minimum Gasteiger partial charge on any atom is -0.469 e. The van der Waals surface area contributed by atoms with Crippen LogP contribution in [0.2, 0.25) is 0 Å². The van der Waals surface area contributed by atoms with Gasteiger partial charge in [0.1, 0.15) is 0 Å². The summed E-state index contributed by atoms with van der Waals surface area (Å²) < 4.78 is 6.02. The van der Waals surface area contributed by atoms with Gasteiger partial charge in [-0.2, -0.15) is 0 Å². The van der Waals surface area contributed by atoms with Gasteiger partial charge in [-0.15, -0.1) is 0 Å². The molecule has 192 valence electrons. The standard InChI is InChI=1S/C29H60NO2/c1-5-7-9-11-18-22-26-30(3,27-23-19-12-10-8-6-2)28-24-20-16-14-13-15-17-21-25-29(31)32-4/h5-28H2,1-4H3/q+1. The quantitative estimate of drug-likeness (QED) is 0.0782. The van der Waals surface area contributed by atoms with Crippen LogP contribution >= 0.6 is 0 Å². The van der Waals surface area contributed by atoms with Crippen molar-refractivity contribution in [1.29, 1.82) is 0 Å². The van der Waals surface area contributed by atoms with Gasteiger partial charge in [0.2, 0.25) is 0 Å².